The van der Waals surface area contributed by atoms with E-state index in [9.17, 15) is 0 Å². The summed E-state index contributed by atoms with van der Waals surface area (Å²) in [5.41, 5.74) is 0. The van der Waals surface area contributed by atoms with Crippen molar-refractivity contribution in [3.8, 4) is 0 Å². The molecular formula is C11H13ClN4OS. The summed E-state index contributed by atoms with van der Waals surface area (Å²) in [5.74, 6) is 1.28. The number of nitrogens with zero attached hydrogens (tertiary/aromatic N) is 3. The van der Waals surface area contributed by atoms with Crippen LogP contribution < -0.4 is 5.32 Å². The molecule has 0 amide bonds. The molecule has 0 aliphatic carbocycles. The van der Waals surface area contributed by atoms with Crippen molar-refractivity contribution in [2.45, 2.75) is 13.0 Å². The molecule has 0 fully saturated rings. The van der Waals surface area contributed by atoms with Gasteiger partial charge in [-0.1, -0.05) is 11.6 Å². The zero-order chi connectivity index (χ0) is 12.8. The molecule has 2 aromatic heterocycles. The van der Waals surface area contributed by atoms with Crippen molar-refractivity contribution in [1.82, 2.24) is 15.0 Å². The van der Waals surface area contributed by atoms with Gasteiger partial charge >= 0.3 is 0 Å². The van der Waals surface area contributed by atoms with Gasteiger partial charge < -0.3 is 10.1 Å². The van der Waals surface area contributed by atoms with Crippen LogP contribution in [-0.4, -0.2) is 28.6 Å². The number of halogens is 1. The highest BCUT2D eigenvalue weighted by atomic mass is 35.5. The third-order valence-corrected chi connectivity index (χ3v) is 3.18. The maximum absolute atomic E-state index is 5.91. The molecule has 0 radical (unpaired) electrons. The van der Waals surface area contributed by atoms with Crippen LogP contribution in [0.1, 0.15) is 10.8 Å². The molecule has 18 heavy (non-hydrogen) atoms. The lowest BCUT2D eigenvalue weighted by atomic mass is 10.4. The predicted molar refractivity (Wildman–Crippen MR) is 72.1 cm³/mol. The Kier molecular flexibility index (Phi) is 4.86. The van der Waals surface area contributed by atoms with Crippen LogP contribution in [0.2, 0.25) is 5.15 Å². The molecule has 0 aromatic carbocycles. The average Bonchev–Trinajstić information content (AvgIpc) is 2.82. The normalized spacial score (nSPS) is 10.6. The van der Waals surface area contributed by atoms with Gasteiger partial charge in [-0.25, -0.2) is 15.0 Å². The summed E-state index contributed by atoms with van der Waals surface area (Å²) in [6, 6.07) is 1.70. The van der Waals surface area contributed by atoms with E-state index in [1.807, 2.05) is 5.38 Å². The van der Waals surface area contributed by atoms with Crippen molar-refractivity contribution in [2.24, 2.45) is 0 Å². The summed E-state index contributed by atoms with van der Waals surface area (Å²) in [6.45, 7) is 1.11. The Morgan fingerprint density at radius 2 is 2.33 bits per heavy atom. The van der Waals surface area contributed by atoms with Gasteiger partial charge in [-0.15, -0.1) is 11.3 Å². The number of aromatic nitrogens is 3. The summed E-state index contributed by atoms with van der Waals surface area (Å²) in [6.07, 6.45) is 2.66. The van der Waals surface area contributed by atoms with E-state index in [0.29, 0.717) is 23.4 Å². The van der Waals surface area contributed by atoms with E-state index in [0.717, 1.165) is 18.0 Å². The SMILES string of the molecule is COCc1nc(Cl)cc(NCCc2nccs2)n1. The van der Waals surface area contributed by atoms with Crippen molar-refractivity contribution >= 4 is 28.8 Å². The van der Waals surface area contributed by atoms with Crippen LogP contribution in [0.15, 0.2) is 17.6 Å². The Labute approximate surface area is 114 Å². The van der Waals surface area contributed by atoms with E-state index in [4.69, 9.17) is 16.3 Å². The van der Waals surface area contributed by atoms with E-state index < -0.39 is 0 Å². The van der Waals surface area contributed by atoms with Gasteiger partial charge in [0.25, 0.3) is 0 Å². The largest absolute Gasteiger partial charge is 0.377 e. The molecule has 0 saturated heterocycles. The van der Waals surface area contributed by atoms with Crippen LogP contribution >= 0.6 is 22.9 Å². The van der Waals surface area contributed by atoms with Gasteiger partial charge in [0.15, 0.2) is 5.82 Å². The number of hydrogen-bond acceptors (Lipinski definition) is 6. The first-order chi connectivity index (χ1) is 8.78. The van der Waals surface area contributed by atoms with Crippen LogP contribution in [0.5, 0.6) is 0 Å². The van der Waals surface area contributed by atoms with Gasteiger partial charge in [-0.2, -0.15) is 0 Å². The third kappa shape index (κ3) is 3.90. The third-order valence-electron chi connectivity index (χ3n) is 2.14. The minimum absolute atomic E-state index is 0.349. The smallest absolute Gasteiger partial charge is 0.158 e. The molecule has 0 bridgehead atoms. The predicted octanol–water partition coefficient (Wildman–Crippen LogP) is 2.39. The molecule has 2 aromatic rings. The highest BCUT2D eigenvalue weighted by Crippen LogP contribution is 2.12. The molecular weight excluding hydrogens is 272 g/mol. The summed E-state index contributed by atoms with van der Waals surface area (Å²) in [4.78, 5) is 12.6. The lowest BCUT2D eigenvalue weighted by Crippen LogP contribution is -2.08. The second kappa shape index (κ2) is 6.63. The number of nitrogens with one attached hydrogen (secondary N) is 1. The molecule has 7 heteroatoms. The van der Waals surface area contributed by atoms with Crippen molar-refractivity contribution in [1.29, 1.82) is 0 Å². The van der Waals surface area contributed by atoms with Crippen molar-refractivity contribution in [3.63, 3.8) is 0 Å². The summed E-state index contributed by atoms with van der Waals surface area (Å²) < 4.78 is 4.98. The van der Waals surface area contributed by atoms with Crippen LogP contribution in [0.3, 0.4) is 0 Å². The van der Waals surface area contributed by atoms with Gasteiger partial charge in [-0.3, -0.25) is 0 Å². The Hall–Kier alpha value is -1.24. The second-order valence-corrected chi connectivity index (χ2v) is 4.89. The Balaban J connectivity index is 1.92. The molecule has 0 unspecified atom stereocenters. The van der Waals surface area contributed by atoms with E-state index in [-0.39, 0.29) is 0 Å². The number of methoxy groups -OCH3 is 1. The first kappa shape index (κ1) is 13.2. The number of anilines is 1. The highest BCUT2D eigenvalue weighted by molar-refractivity contribution is 7.09. The first-order valence-electron chi connectivity index (χ1n) is 5.42. The lowest BCUT2D eigenvalue weighted by Gasteiger charge is -2.06. The fourth-order valence-corrected chi connectivity index (χ4v) is 2.24. The lowest BCUT2D eigenvalue weighted by molar-refractivity contribution is 0.178. The van der Waals surface area contributed by atoms with Crippen LogP contribution in [-0.2, 0) is 17.8 Å². The molecule has 0 aliphatic rings. The van der Waals surface area contributed by atoms with Crippen molar-refractivity contribution < 1.29 is 4.74 Å². The standard InChI is InChI=1S/C11H13ClN4OS/c1-17-7-10-15-8(12)6-9(16-10)13-3-2-11-14-4-5-18-11/h4-6H,2-3,7H2,1H3,(H,13,15,16). The number of ether oxygens (including phenoxy) is 1. The fraction of sp³-hybridized carbons (Fsp3) is 0.364. The van der Waals surface area contributed by atoms with E-state index in [1.54, 1.807) is 30.7 Å². The molecule has 0 spiro atoms. The zero-order valence-corrected chi connectivity index (χ0v) is 11.5. The van der Waals surface area contributed by atoms with Gasteiger partial charge in [0.05, 0.1) is 5.01 Å². The zero-order valence-electron chi connectivity index (χ0n) is 9.89. The fourth-order valence-electron chi connectivity index (χ4n) is 1.42. The molecule has 96 valence electrons. The van der Waals surface area contributed by atoms with Crippen LogP contribution in [0.4, 0.5) is 5.82 Å². The molecule has 1 N–H and O–H groups in total. The number of thiazole rings is 1. The Bertz CT molecular complexity index is 492. The van der Waals surface area contributed by atoms with Crippen LogP contribution in [0, 0.1) is 0 Å². The molecule has 0 saturated carbocycles. The minimum Gasteiger partial charge on any atom is -0.377 e. The number of hydrogen-bond donors (Lipinski definition) is 1. The molecule has 5 nitrogen and oxygen atoms in total. The van der Waals surface area contributed by atoms with Gasteiger partial charge in [0.2, 0.25) is 0 Å². The maximum atomic E-state index is 5.91. The van der Waals surface area contributed by atoms with Gasteiger partial charge in [0.1, 0.15) is 17.6 Å². The first-order valence-corrected chi connectivity index (χ1v) is 6.68. The van der Waals surface area contributed by atoms with Gasteiger partial charge in [0, 0.05) is 37.7 Å². The Morgan fingerprint density at radius 1 is 1.44 bits per heavy atom. The summed E-state index contributed by atoms with van der Waals surface area (Å²) in [5, 5.41) is 6.67. The van der Waals surface area contributed by atoms with E-state index in [2.05, 4.69) is 20.3 Å². The second-order valence-electron chi connectivity index (χ2n) is 3.53. The maximum Gasteiger partial charge on any atom is 0.158 e. The van der Waals surface area contributed by atoms with E-state index in [1.165, 1.54) is 0 Å². The van der Waals surface area contributed by atoms with Gasteiger partial charge in [-0.05, 0) is 0 Å². The highest BCUT2D eigenvalue weighted by Gasteiger charge is 2.03. The minimum atomic E-state index is 0.349. The monoisotopic (exact) mass is 284 g/mol. The topological polar surface area (TPSA) is 59.9 Å². The average molecular weight is 285 g/mol. The number of rotatable bonds is 6. The molecule has 2 heterocycles. The summed E-state index contributed by atoms with van der Waals surface area (Å²) in [7, 11) is 1.60. The van der Waals surface area contributed by atoms with Crippen LogP contribution in [0.25, 0.3) is 0 Å². The van der Waals surface area contributed by atoms with Crippen molar-refractivity contribution in [3.05, 3.63) is 33.6 Å². The van der Waals surface area contributed by atoms with Crippen molar-refractivity contribution in [2.75, 3.05) is 19.0 Å². The summed E-state index contributed by atoms with van der Waals surface area (Å²) >= 11 is 7.55. The molecule has 2 rings (SSSR count). The Morgan fingerprint density at radius 3 is 3.06 bits per heavy atom. The molecule has 0 aliphatic heterocycles. The van der Waals surface area contributed by atoms with E-state index >= 15 is 0 Å². The molecule has 0 atom stereocenters. The quantitative estimate of drug-likeness (QED) is 0.826.